The van der Waals surface area contributed by atoms with Crippen LogP contribution in [-0.4, -0.2) is 42.4 Å². The molecule has 0 radical (unpaired) electrons. The van der Waals surface area contributed by atoms with Crippen molar-refractivity contribution < 1.29 is 9.26 Å². The number of guanidine groups is 1. The Labute approximate surface area is 163 Å². The largest absolute Gasteiger partial charge is 0.383 e. The molecule has 1 aromatic heterocycles. The van der Waals surface area contributed by atoms with Gasteiger partial charge < -0.3 is 20.3 Å². The Kier molecular flexibility index (Phi) is 9.01. The predicted molar refractivity (Wildman–Crippen MR) is 105 cm³/mol. The molecule has 9 heteroatoms. The molecule has 0 spiro atoms. The second kappa shape index (κ2) is 10.5. The van der Waals surface area contributed by atoms with Gasteiger partial charge in [-0.3, -0.25) is 4.99 Å². The van der Waals surface area contributed by atoms with E-state index in [1.807, 2.05) is 19.1 Å². The summed E-state index contributed by atoms with van der Waals surface area (Å²) < 4.78 is 10.2. The van der Waals surface area contributed by atoms with Crippen molar-refractivity contribution >= 4 is 41.5 Å². The fraction of sp³-hybridized carbons (Fsp3) is 0.400. The Hall–Kier alpha value is -1.39. The summed E-state index contributed by atoms with van der Waals surface area (Å²) >= 11 is 5.95. The minimum Gasteiger partial charge on any atom is -0.383 e. The van der Waals surface area contributed by atoms with Gasteiger partial charge in [0.25, 0.3) is 0 Å². The molecule has 2 rings (SSSR count). The normalized spacial score (nSPS) is 12.5. The molecule has 1 unspecified atom stereocenters. The summed E-state index contributed by atoms with van der Waals surface area (Å²) in [6.45, 7) is 2.97. The van der Waals surface area contributed by atoms with Crippen LogP contribution in [0.25, 0.3) is 11.4 Å². The second-order valence-corrected chi connectivity index (χ2v) is 5.48. The smallest absolute Gasteiger partial charge is 0.228 e. The molecule has 132 valence electrons. The number of nitrogens with zero attached hydrogens (tertiary/aromatic N) is 3. The second-order valence-electron chi connectivity index (χ2n) is 5.04. The summed E-state index contributed by atoms with van der Waals surface area (Å²) in [7, 11) is 1.64. The van der Waals surface area contributed by atoms with E-state index in [1.165, 1.54) is 0 Å². The topological polar surface area (TPSA) is 98.6 Å². The lowest BCUT2D eigenvalue weighted by molar-refractivity contribution is 0.179. The van der Waals surface area contributed by atoms with Crippen LogP contribution in [0.15, 0.2) is 33.8 Å². The first-order chi connectivity index (χ1) is 11.1. The molecule has 24 heavy (non-hydrogen) atoms. The van der Waals surface area contributed by atoms with Crippen molar-refractivity contribution in [3.05, 3.63) is 35.2 Å². The Bertz CT molecular complexity index is 665. The van der Waals surface area contributed by atoms with Crippen molar-refractivity contribution in [2.24, 2.45) is 10.7 Å². The molecule has 0 amide bonds. The Morgan fingerprint density at radius 2 is 2.29 bits per heavy atom. The molecule has 1 heterocycles. The third-order valence-corrected chi connectivity index (χ3v) is 3.20. The van der Waals surface area contributed by atoms with E-state index in [0.717, 1.165) is 5.56 Å². The third kappa shape index (κ3) is 6.62. The minimum absolute atomic E-state index is 0. The maximum Gasteiger partial charge on any atom is 0.228 e. The molecule has 0 aliphatic rings. The van der Waals surface area contributed by atoms with Crippen molar-refractivity contribution in [2.75, 3.05) is 20.3 Å². The summed E-state index contributed by atoms with van der Waals surface area (Å²) in [5.74, 6) is 1.37. The first-order valence-corrected chi connectivity index (χ1v) is 7.60. The van der Waals surface area contributed by atoms with Gasteiger partial charge in [0.2, 0.25) is 11.7 Å². The summed E-state index contributed by atoms with van der Waals surface area (Å²) in [6.07, 6.45) is 0.509. The maximum absolute atomic E-state index is 5.95. The zero-order valence-electron chi connectivity index (χ0n) is 13.5. The van der Waals surface area contributed by atoms with Gasteiger partial charge in [0.15, 0.2) is 5.96 Å². The van der Waals surface area contributed by atoms with Gasteiger partial charge in [-0.1, -0.05) is 28.9 Å². The van der Waals surface area contributed by atoms with Crippen molar-refractivity contribution in [1.29, 1.82) is 0 Å². The molecule has 1 atom stereocenters. The Balaban J connectivity index is 0.00000288. The van der Waals surface area contributed by atoms with Crippen molar-refractivity contribution in [1.82, 2.24) is 15.5 Å². The molecular weight excluding hydrogens is 445 g/mol. The van der Waals surface area contributed by atoms with Gasteiger partial charge in [-0.2, -0.15) is 4.98 Å². The van der Waals surface area contributed by atoms with Crippen LogP contribution in [0.5, 0.6) is 0 Å². The van der Waals surface area contributed by atoms with Crippen LogP contribution < -0.4 is 11.1 Å². The molecule has 0 saturated heterocycles. The lowest BCUT2D eigenvalue weighted by Gasteiger charge is -2.12. The number of methoxy groups -OCH3 is 1. The molecule has 3 N–H and O–H groups in total. The monoisotopic (exact) mass is 465 g/mol. The van der Waals surface area contributed by atoms with Crippen LogP contribution >= 0.6 is 35.6 Å². The predicted octanol–water partition coefficient (Wildman–Crippen LogP) is 2.49. The van der Waals surface area contributed by atoms with E-state index in [0.29, 0.717) is 42.3 Å². The summed E-state index contributed by atoms with van der Waals surface area (Å²) in [6, 6.07) is 7.39. The SMILES string of the molecule is COCC(C)NC(N)=NCCc1nc(-c2cccc(Cl)c2)no1.I. The standard InChI is InChI=1S/C15H20ClN5O2.HI/c1-10(9-22-2)19-15(17)18-7-6-13-20-14(21-23-13)11-4-3-5-12(16)8-11;/h3-5,8,10H,6-7,9H2,1-2H3,(H3,17,18,19);1H. The van der Waals surface area contributed by atoms with Gasteiger partial charge in [0.05, 0.1) is 13.2 Å². The summed E-state index contributed by atoms with van der Waals surface area (Å²) in [5, 5.41) is 7.59. The van der Waals surface area contributed by atoms with Crippen LogP contribution in [0, 0.1) is 0 Å². The molecule has 0 bridgehead atoms. The maximum atomic E-state index is 5.95. The van der Waals surface area contributed by atoms with E-state index in [1.54, 1.807) is 19.2 Å². The highest BCUT2D eigenvalue weighted by molar-refractivity contribution is 14.0. The van der Waals surface area contributed by atoms with Crippen LogP contribution in [0.2, 0.25) is 5.02 Å². The first-order valence-electron chi connectivity index (χ1n) is 7.22. The molecule has 2 aromatic rings. The molecule has 0 saturated carbocycles. The van der Waals surface area contributed by atoms with Gasteiger partial charge in [-0.05, 0) is 19.1 Å². The first kappa shape index (κ1) is 20.7. The van der Waals surface area contributed by atoms with E-state index < -0.39 is 0 Å². The molecular formula is C15H21ClIN5O2. The van der Waals surface area contributed by atoms with Gasteiger partial charge in [0, 0.05) is 30.2 Å². The molecule has 0 aliphatic heterocycles. The number of benzene rings is 1. The van der Waals surface area contributed by atoms with Gasteiger partial charge in [-0.15, -0.1) is 24.0 Å². The fourth-order valence-corrected chi connectivity index (χ4v) is 2.15. The number of aliphatic imine (C=N–C) groups is 1. The fourth-order valence-electron chi connectivity index (χ4n) is 1.96. The molecule has 0 fully saturated rings. The van der Waals surface area contributed by atoms with Gasteiger partial charge >= 0.3 is 0 Å². The lowest BCUT2D eigenvalue weighted by atomic mass is 10.2. The van der Waals surface area contributed by atoms with Crippen molar-refractivity contribution in [2.45, 2.75) is 19.4 Å². The zero-order valence-corrected chi connectivity index (χ0v) is 16.6. The summed E-state index contributed by atoms with van der Waals surface area (Å²) in [4.78, 5) is 8.54. The van der Waals surface area contributed by atoms with E-state index in [-0.39, 0.29) is 30.0 Å². The van der Waals surface area contributed by atoms with Crippen LogP contribution in [0.3, 0.4) is 0 Å². The number of nitrogens with two attached hydrogens (primary N) is 1. The van der Waals surface area contributed by atoms with Crippen molar-refractivity contribution in [3.8, 4) is 11.4 Å². The van der Waals surface area contributed by atoms with Crippen LogP contribution in [0.4, 0.5) is 0 Å². The highest BCUT2D eigenvalue weighted by Crippen LogP contribution is 2.19. The van der Waals surface area contributed by atoms with E-state index >= 15 is 0 Å². The lowest BCUT2D eigenvalue weighted by Crippen LogP contribution is -2.40. The number of aromatic nitrogens is 2. The van der Waals surface area contributed by atoms with Gasteiger partial charge in [-0.25, -0.2) is 0 Å². The number of nitrogens with one attached hydrogen (secondary N) is 1. The number of rotatable bonds is 7. The summed E-state index contributed by atoms with van der Waals surface area (Å²) in [5.41, 5.74) is 6.59. The number of hydrogen-bond donors (Lipinski definition) is 2. The highest BCUT2D eigenvalue weighted by atomic mass is 127. The number of halogens is 2. The van der Waals surface area contributed by atoms with Crippen LogP contribution in [-0.2, 0) is 11.2 Å². The molecule has 1 aromatic carbocycles. The number of ether oxygens (including phenoxy) is 1. The molecule has 0 aliphatic carbocycles. The Morgan fingerprint density at radius 1 is 1.50 bits per heavy atom. The van der Waals surface area contributed by atoms with Crippen LogP contribution in [0.1, 0.15) is 12.8 Å². The average molecular weight is 466 g/mol. The quantitative estimate of drug-likeness (QED) is 0.370. The molecule has 7 nitrogen and oxygen atoms in total. The van der Waals surface area contributed by atoms with E-state index in [4.69, 9.17) is 26.6 Å². The Morgan fingerprint density at radius 3 is 3.00 bits per heavy atom. The van der Waals surface area contributed by atoms with Crippen molar-refractivity contribution in [3.63, 3.8) is 0 Å². The van der Waals surface area contributed by atoms with E-state index in [2.05, 4.69) is 20.4 Å². The number of hydrogen-bond acceptors (Lipinski definition) is 5. The average Bonchev–Trinajstić information content (AvgIpc) is 2.96. The minimum atomic E-state index is 0. The van der Waals surface area contributed by atoms with Gasteiger partial charge in [0.1, 0.15) is 0 Å². The third-order valence-electron chi connectivity index (χ3n) is 2.97. The zero-order chi connectivity index (χ0) is 16.7. The van der Waals surface area contributed by atoms with E-state index in [9.17, 15) is 0 Å². The highest BCUT2D eigenvalue weighted by Gasteiger charge is 2.09.